The van der Waals surface area contributed by atoms with Gasteiger partial charge in [0.1, 0.15) is 35.6 Å². The molecule has 0 saturated carbocycles. The highest BCUT2D eigenvalue weighted by atomic mass is 16.6. The molecule has 0 radical (unpaired) electrons. The molecule has 21 heteroatoms. The molecule has 364 valence electrons. The second-order valence-electron chi connectivity index (χ2n) is 17.6. The summed E-state index contributed by atoms with van der Waals surface area (Å²) in [4.78, 5) is 86.9. The summed E-state index contributed by atoms with van der Waals surface area (Å²) in [5.74, 6) is -0.671. The van der Waals surface area contributed by atoms with Gasteiger partial charge in [-0.25, -0.2) is 24.0 Å². The van der Waals surface area contributed by atoms with E-state index >= 15 is 0 Å². The van der Waals surface area contributed by atoms with Crippen molar-refractivity contribution in [1.29, 1.82) is 0 Å². The molecule has 0 aliphatic carbocycles. The Morgan fingerprint density at radius 3 is 1.22 bits per heavy atom. The molecule has 0 saturated heterocycles. The van der Waals surface area contributed by atoms with E-state index in [0.717, 1.165) is 0 Å². The summed E-state index contributed by atoms with van der Waals surface area (Å²) < 4.78 is 38.3. The number of benzene rings is 1. The molecule has 0 bridgehead atoms. The first-order valence-corrected chi connectivity index (χ1v) is 21.4. The number of carbonyl (C=O) groups excluding carboxylic acids is 7. The van der Waals surface area contributed by atoms with Crippen molar-refractivity contribution in [3.8, 4) is 0 Å². The standard InChI is InChI=1S/C43H73N7O14/c1-40(2,3)62-36(54)47-23-13-20-44-33(51)18-26-58-29-43(50-39(57)60-28-32-16-11-10-12-17-32,31-61-35(53)46-22-15-25-49-38(56)64-42(7,8)9)30-59-27-19-34(52)45-21-14-24-48-37(55)63-41(4,5)6/h10-12,16-17H,13-15,18-31H2,1-9H3,(H,44,51)(H,45,52)(H,46,53)(H,47,54)(H,48,55)(H,49,56)(H,50,57). The molecule has 7 N–H and O–H groups in total. The van der Waals surface area contributed by atoms with Crippen molar-refractivity contribution in [2.45, 2.75) is 123 Å². The maximum Gasteiger partial charge on any atom is 0.408 e. The number of nitrogens with one attached hydrogen (secondary N) is 7. The van der Waals surface area contributed by atoms with E-state index in [1.807, 2.05) is 6.07 Å². The molecular formula is C43H73N7O14. The fraction of sp³-hybridized carbons (Fsp3) is 0.698. The van der Waals surface area contributed by atoms with Crippen LogP contribution >= 0.6 is 0 Å². The first-order valence-electron chi connectivity index (χ1n) is 21.4. The molecule has 0 aromatic heterocycles. The van der Waals surface area contributed by atoms with Gasteiger partial charge in [-0.1, -0.05) is 30.3 Å². The Hall–Kier alpha value is -5.57. The van der Waals surface area contributed by atoms with E-state index in [-0.39, 0.29) is 97.0 Å². The van der Waals surface area contributed by atoms with Crippen LogP contribution in [0, 0.1) is 0 Å². The van der Waals surface area contributed by atoms with Crippen LogP contribution in [0.4, 0.5) is 24.0 Å². The third-order valence-electron chi connectivity index (χ3n) is 7.74. The first kappa shape index (κ1) is 56.4. The number of hydrogen-bond acceptors (Lipinski definition) is 14. The zero-order valence-corrected chi connectivity index (χ0v) is 39.1. The Bertz CT molecular complexity index is 1520. The van der Waals surface area contributed by atoms with Crippen LogP contribution in [0.3, 0.4) is 0 Å². The third-order valence-corrected chi connectivity index (χ3v) is 7.74. The molecule has 21 nitrogen and oxygen atoms in total. The van der Waals surface area contributed by atoms with Gasteiger partial charge in [-0.15, -0.1) is 0 Å². The topological polar surface area (TPSA) is 268 Å². The lowest BCUT2D eigenvalue weighted by Crippen LogP contribution is -2.59. The summed E-state index contributed by atoms with van der Waals surface area (Å²) in [5.41, 5.74) is -2.80. The van der Waals surface area contributed by atoms with E-state index < -0.39 is 59.4 Å². The van der Waals surface area contributed by atoms with Crippen molar-refractivity contribution in [2.24, 2.45) is 0 Å². The molecule has 0 aliphatic rings. The Balaban J connectivity index is 2.93. The van der Waals surface area contributed by atoms with Crippen LogP contribution in [0.25, 0.3) is 0 Å². The fourth-order valence-corrected chi connectivity index (χ4v) is 4.93. The van der Waals surface area contributed by atoms with Crippen LogP contribution in [0.15, 0.2) is 30.3 Å². The van der Waals surface area contributed by atoms with Crippen LogP contribution in [-0.2, 0) is 49.4 Å². The van der Waals surface area contributed by atoms with E-state index in [1.54, 1.807) is 86.6 Å². The fourth-order valence-electron chi connectivity index (χ4n) is 4.93. The molecule has 1 aromatic rings. The average molecular weight is 912 g/mol. The normalized spacial score (nSPS) is 11.6. The molecule has 1 rings (SSSR count). The SMILES string of the molecule is CC(C)(C)OC(=O)NCCCNC(=O)CCOCC(COCCC(=O)NCCCNC(=O)OC(C)(C)C)(COC(=O)NCCCNC(=O)OC(C)(C)C)NC(=O)OCc1ccccc1. The molecular weight excluding hydrogens is 839 g/mol. The Morgan fingerprint density at radius 1 is 0.453 bits per heavy atom. The van der Waals surface area contributed by atoms with Crippen LogP contribution < -0.4 is 37.2 Å². The number of alkyl carbamates (subject to hydrolysis) is 5. The zero-order valence-electron chi connectivity index (χ0n) is 39.1. The molecule has 0 aliphatic heterocycles. The average Bonchev–Trinajstić information content (AvgIpc) is 3.17. The number of carbonyl (C=O) groups is 7. The summed E-state index contributed by atoms with van der Waals surface area (Å²) in [6.07, 6.45) is -2.34. The van der Waals surface area contributed by atoms with Crippen molar-refractivity contribution in [3.63, 3.8) is 0 Å². The summed E-state index contributed by atoms with van der Waals surface area (Å²) >= 11 is 0. The van der Waals surface area contributed by atoms with Crippen molar-refractivity contribution in [3.05, 3.63) is 35.9 Å². The highest BCUT2D eigenvalue weighted by molar-refractivity contribution is 5.76. The predicted octanol–water partition coefficient (Wildman–Crippen LogP) is 4.17. The van der Waals surface area contributed by atoms with Gasteiger partial charge >= 0.3 is 30.5 Å². The highest BCUT2D eigenvalue weighted by Gasteiger charge is 2.36. The maximum absolute atomic E-state index is 13.3. The minimum Gasteiger partial charge on any atom is -0.447 e. The van der Waals surface area contributed by atoms with Crippen LogP contribution in [-0.4, -0.2) is 137 Å². The Kier molecular flexibility index (Phi) is 26.2. The van der Waals surface area contributed by atoms with E-state index in [2.05, 4.69) is 37.2 Å². The molecule has 0 atom stereocenters. The molecule has 7 amide bonds. The first-order chi connectivity index (χ1) is 30.0. The van der Waals surface area contributed by atoms with Gasteiger partial charge in [-0.3, -0.25) is 9.59 Å². The minimum atomic E-state index is -1.57. The lowest BCUT2D eigenvalue weighted by atomic mass is 10.0. The van der Waals surface area contributed by atoms with E-state index in [0.29, 0.717) is 24.8 Å². The number of amides is 7. The quantitative estimate of drug-likeness (QED) is 0.0483. The summed E-state index contributed by atoms with van der Waals surface area (Å²) in [6, 6.07) is 8.94. The molecule has 0 heterocycles. The summed E-state index contributed by atoms with van der Waals surface area (Å²) in [6.45, 7) is 15.8. The molecule has 0 spiro atoms. The third kappa shape index (κ3) is 32.2. The second-order valence-corrected chi connectivity index (χ2v) is 17.6. The summed E-state index contributed by atoms with van der Waals surface area (Å²) in [7, 11) is 0. The number of ether oxygens (including phenoxy) is 7. The van der Waals surface area contributed by atoms with Gasteiger partial charge in [0, 0.05) is 52.1 Å². The van der Waals surface area contributed by atoms with Gasteiger partial charge in [0.25, 0.3) is 0 Å². The van der Waals surface area contributed by atoms with Crippen molar-refractivity contribution in [2.75, 3.05) is 72.3 Å². The van der Waals surface area contributed by atoms with E-state index in [1.165, 1.54) is 0 Å². The van der Waals surface area contributed by atoms with Crippen LogP contribution in [0.5, 0.6) is 0 Å². The number of hydrogen-bond donors (Lipinski definition) is 7. The van der Waals surface area contributed by atoms with Gasteiger partial charge in [-0.05, 0) is 87.1 Å². The smallest absolute Gasteiger partial charge is 0.408 e. The monoisotopic (exact) mass is 912 g/mol. The van der Waals surface area contributed by atoms with Crippen LogP contribution in [0.1, 0.15) is 100.0 Å². The Labute approximate surface area is 377 Å². The largest absolute Gasteiger partial charge is 0.447 e. The highest BCUT2D eigenvalue weighted by Crippen LogP contribution is 2.13. The lowest BCUT2D eigenvalue weighted by molar-refractivity contribution is -0.122. The number of rotatable bonds is 27. The molecule has 1 aromatic carbocycles. The van der Waals surface area contributed by atoms with Crippen LogP contribution in [0.2, 0.25) is 0 Å². The van der Waals surface area contributed by atoms with E-state index in [9.17, 15) is 33.6 Å². The maximum atomic E-state index is 13.3. The minimum absolute atomic E-state index is 0.0684. The van der Waals surface area contributed by atoms with Crippen molar-refractivity contribution in [1.82, 2.24) is 37.2 Å². The van der Waals surface area contributed by atoms with Crippen molar-refractivity contribution >= 4 is 42.3 Å². The van der Waals surface area contributed by atoms with Gasteiger partial charge in [-0.2, -0.15) is 0 Å². The van der Waals surface area contributed by atoms with Gasteiger partial charge in [0.2, 0.25) is 11.8 Å². The zero-order chi connectivity index (χ0) is 48.1. The van der Waals surface area contributed by atoms with Gasteiger partial charge < -0.3 is 70.4 Å². The molecule has 64 heavy (non-hydrogen) atoms. The summed E-state index contributed by atoms with van der Waals surface area (Å²) in [5, 5.41) is 18.6. The molecule has 0 fully saturated rings. The Morgan fingerprint density at radius 2 is 0.828 bits per heavy atom. The van der Waals surface area contributed by atoms with E-state index in [4.69, 9.17) is 33.2 Å². The second kappa shape index (κ2) is 29.7. The van der Waals surface area contributed by atoms with Gasteiger partial charge in [0.15, 0.2) is 0 Å². The van der Waals surface area contributed by atoms with Gasteiger partial charge in [0.05, 0.1) is 26.4 Å². The molecule has 0 unspecified atom stereocenters. The predicted molar refractivity (Wildman–Crippen MR) is 235 cm³/mol. The lowest BCUT2D eigenvalue weighted by Gasteiger charge is -2.33. The van der Waals surface area contributed by atoms with Crippen molar-refractivity contribution < 1.29 is 66.7 Å².